The summed E-state index contributed by atoms with van der Waals surface area (Å²) in [5.41, 5.74) is 0.601. The van der Waals surface area contributed by atoms with Gasteiger partial charge >= 0.3 is 5.97 Å². The van der Waals surface area contributed by atoms with Crippen molar-refractivity contribution in [3.63, 3.8) is 0 Å². The lowest BCUT2D eigenvalue weighted by Gasteiger charge is -2.54. The molecule has 0 N–H and O–H groups in total. The number of nitrogens with zero attached hydrogens (tertiary/aromatic N) is 1. The van der Waals surface area contributed by atoms with Crippen LogP contribution in [0.3, 0.4) is 0 Å². The average molecular weight is 588 g/mol. The molecule has 5 heteroatoms. The Morgan fingerprint density at radius 2 is 1.62 bits per heavy atom. The van der Waals surface area contributed by atoms with E-state index in [0.29, 0.717) is 36.6 Å². The van der Waals surface area contributed by atoms with Crippen molar-refractivity contribution in [3.05, 3.63) is 85.5 Å². The van der Waals surface area contributed by atoms with Crippen LogP contribution >= 0.6 is 0 Å². The minimum Gasteiger partial charge on any atom is -0.463 e. The van der Waals surface area contributed by atoms with Crippen LogP contribution in [0.5, 0.6) is 0 Å². The average Bonchev–Trinajstić information content (AvgIpc) is 3.39. The molecule has 2 fully saturated rings. The number of rotatable bonds is 12. The Hall–Kier alpha value is -2.47. The van der Waals surface area contributed by atoms with Crippen LogP contribution in [0.25, 0.3) is 0 Å². The monoisotopic (exact) mass is 587 g/mol. The van der Waals surface area contributed by atoms with Crippen molar-refractivity contribution >= 4 is 24.7 Å². The molecule has 2 aromatic rings. The van der Waals surface area contributed by atoms with E-state index in [2.05, 4.69) is 106 Å². The van der Waals surface area contributed by atoms with E-state index in [1.54, 1.807) is 0 Å². The maximum atomic E-state index is 12.7. The topological polar surface area (TPSA) is 38.8 Å². The van der Waals surface area contributed by atoms with Crippen molar-refractivity contribution in [3.8, 4) is 0 Å². The molecule has 4 nitrogen and oxygen atoms in total. The van der Waals surface area contributed by atoms with Gasteiger partial charge in [-0.3, -0.25) is 4.90 Å². The molecule has 4 atom stereocenters. The second kappa shape index (κ2) is 13.9. The molecule has 0 aromatic heterocycles. The second-order valence-electron chi connectivity index (χ2n) is 13.6. The molecule has 1 saturated heterocycles. The Morgan fingerprint density at radius 1 is 1.05 bits per heavy atom. The van der Waals surface area contributed by atoms with E-state index in [1.165, 1.54) is 29.6 Å². The van der Waals surface area contributed by atoms with Crippen LogP contribution in [0, 0.1) is 11.8 Å². The van der Waals surface area contributed by atoms with Crippen molar-refractivity contribution in [1.82, 2.24) is 4.90 Å². The molecule has 228 valence electrons. The molecular formula is C37H53NO3Si. The highest BCUT2D eigenvalue weighted by Crippen LogP contribution is 2.52. The third-order valence-corrected chi connectivity index (χ3v) is 15.0. The quantitative estimate of drug-likeness (QED) is 0.113. The number of piperidine rings is 1. The fourth-order valence-electron chi connectivity index (χ4n) is 8.23. The summed E-state index contributed by atoms with van der Waals surface area (Å²) in [6, 6.07) is 22.3. The van der Waals surface area contributed by atoms with Crippen molar-refractivity contribution in [1.29, 1.82) is 0 Å². The fourth-order valence-corrected chi connectivity index (χ4v) is 12.9. The largest absolute Gasteiger partial charge is 0.463 e. The lowest BCUT2D eigenvalue weighted by molar-refractivity contribution is -0.139. The SMILES string of the molecule is C=CC[C@H]1CCC[C@]2(CCC[C@@H]2[C@@H](C)CO[Si](c2ccccc2)(c2ccccc2)C(C)(C)C)N1CC(=C)C(=O)OCC. The Labute approximate surface area is 256 Å². The van der Waals surface area contributed by atoms with Crippen molar-refractivity contribution < 1.29 is 14.0 Å². The number of hydrogen-bond acceptors (Lipinski definition) is 4. The van der Waals surface area contributed by atoms with Crippen molar-refractivity contribution in [2.75, 3.05) is 19.8 Å². The van der Waals surface area contributed by atoms with E-state index < -0.39 is 8.32 Å². The number of carbonyl (C=O) groups excluding carboxylic acids is 1. The first-order chi connectivity index (χ1) is 20.1. The summed E-state index contributed by atoms with van der Waals surface area (Å²) < 4.78 is 12.8. The predicted octanol–water partition coefficient (Wildman–Crippen LogP) is 7.29. The van der Waals surface area contributed by atoms with Gasteiger partial charge in [-0.25, -0.2) is 4.79 Å². The van der Waals surface area contributed by atoms with E-state index in [9.17, 15) is 4.79 Å². The van der Waals surface area contributed by atoms with Gasteiger partial charge in [0.2, 0.25) is 0 Å². The normalized spacial score (nSPS) is 23.9. The number of hydrogen-bond donors (Lipinski definition) is 0. The first-order valence-corrected chi connectivity index (χ1v) is 18.0. The highest BCUT2D eigenvalue weighted by Gasteiger charge is 2.54. The molecule has 1 spiro atoms. The van der Waals surface area contributed by atoms with Gasteiger partial charge in [-0.15, -0.1) is 6.58 Å². The van der Waals surface area contributed by atoms with Gasteiger partial charge in [0.25, 0.3) is 8.32 Å². The molecule has 42 heavy (non-hydrogen) atoms. The van der Waals surface area contributed by atoms with Crippen LogP contribution in [0.1, 0.15) is 79.6 Å². The van der Waals surface area contributed by atoms with Crippen LogP contribution in [0.15, 0.2) is 85.5 Å². The Morgan fingerprint density at radius 3 is 2.14 bits per heavy atom. The van der Waals surface area contributed by atoms with Gasteiger partial charge < -0.3 is 9.16 Å². The molecule has 1 aliphatic carbocycles. The summed E-state index contributed by atoms with van der Waals surface area (Å²) >= 11 is 0. The third kappa shape index (κ3) is 6.39. The number of ether oxygens (including phenoxy) is 1. The molecule has 0 radical (unpaired) electrons. The first-order valence-electron chi connectivity index (χ1n) is 16.1. The van der Waals surface area contributed by atoms with Gasteiger partial charge in [0.1, 0.15) is 0 Å². The molecule has 0 bridgehead atoms. The zero-order chi connectivity index (χ0) is 30.4. The summed E-state index contributed by atoms with van der Waals surface area (Å²) in [4.78, 5) is 15.3. The highest BCUT2D eigenvalue weighted by atomic mass is 28.4. The lowest BCUT2D eigenvalue weighted by Crippen LogP contribution is -2.67. The summed E-state index contributed by atoms with van der Waals surface area (Å²) in [5, 5.41) is 2.60. The van der Waals surface area contributed by atoms with E-state index in [-0.39, 0.29) is 16.5 Å². The minimum atomic E-state index is -2.62. The van der Waals surface area contributed by atoms with Crippen LogP contribution in [-0.4, -0.2) is 50.5 Å². The van der Waals surface area contributed by atoms with E-state index in [1.807, 2.05) is 13.0 Å². The molecule has 4 rings (SSSR count). The molecular weight excluding hydrogens is 534 g/mol. The van der Waals surface area contributed by atoms with Crippen LogP contribution in [0.2, 0.25) is 5.04 Å². The van der Waals surface area contributed by atoms with Crippen molar-refractivity contribution in [2.45, 2.75) is 96.2 Å². The van der Waals surface area contributed by atoms with Gasteiger partial charge in [-0.05, 0) is 66.3 Å². The summed E-state index contributed by atoms with van der Waals surface area (Å²) in [5.74, 6) is 0.585. The Balaban J connectivity index is 1.67. The maximum Gasteiger partial charge on any atom is 0.334 e. The zero-order valence-corrected chi connectivity index (χ0v) is 27.7. The van der Waals surface area contributed by atoms with Crippen LogP contribution in [0.4, 0.5) is 0 Å². The highest BCUT2D eigenvalue weighted by molar-refractivity contribution is 6.99. The molecule has 1 saturated carbocycles. The van der Waals surface area contributed by atoms with Crippen LogP contribution < -0.4 is 10.4 Å². The van der Waals surface area contributed by atoms with E-state index >= 15 is 0 Å². The molecule has 0 unspecified atom stereocenters. The van der Waals surface area contributed by atoms with Gasteiger partial charge in [0, 0.05) is 30.3 Å². The minimum absolute atomic E-state index is 0.0373. The lowest BCUT2D eigenvalue weighted by atomic mass is 9.71. The third-order valence-electron chi connectivity index (χ3n) is 10.0. The number of likely N-dealkylation sites (tertiary alicyclic amines) is 1. The molecule has 2 aliphatic rings. The first kappa shape index (κ1) is 32.4. The second-order valence-corrected chi connectivity index (χ2v) is 17.9. The van der Waals surface area contributed by atoms with Gasteiger partial charge in [0.05, 0.1) is 6.61 Å². The Bertz CT molecular complexity index is 1150. The molecule has 1 aliphatic heterocycles. The Kier molecular flexibility index (Phi) is 10.7. The standard InChI is InChI=1S/C37H53NO3Si/c1-8-18-31-19-16-25-37(38(31)27-29(3)35(39)40-9-2)26-17-24-34(37)30(4)28-41-42(36(5,6)7,32-20-12-10-13-21-32)33-22-14-11-15-23-33/h8,10-15,20-23,30-31,34H,1,3,9,16-19,24-28H2,2,4-7H3/t30-,31-,34+,37+/m0/s1. The zero-order valence-electron chi connectivity index (χ0n) is 26.7. The molecule has 1 heterocycles. The van der Waals surface area contributed by atoms with Crippen LogP contribution in [-0.2, 0) is 14.0 Å². The van der Waals surface area contributed by atoms with E-state index in [4.69, 9.17) is 9.16 Å². The summed E-state index contributed by atoms with van der Waals surface area (Å²) in [6.45, 7) is 21.2. The maximum absolute atomic E-state index is 12.7. The summed E-state index contributed by atoms with van der Waals surface area (Å²) in [6.07, 6.45) is 10.0. The number of esters is 1. The fraction of sp³-hybridized carbons (Fsp3) is 0.541. The van der Waals surface area contributed by atoms with Gasteiger partial charge in [0.15, 0.2) is 0 Å². The van der Waals surface area contributed by atoms with E-state index in [0.717, 1.165) is 32.3 Å². The molecule has 0 amide bonds. The van der Waals surface area contributed by atoms with Gasteiger partial charge in [-0.2, -0.15) is 0 Å². The number of carbonyl (C=O) groups is 1. The molecule has 2 aromatic carbocycles. The predicted molar refractivity (Wildman–Crippen MR) is 178 cm³/mol. The van der Waals surface area contributed by atoms with Gasteiger partial charge in [-0.1, -0.05) is 114 Å². The number of benzene rings is 2. The van der Waals surface area contributed by atoms with Crippen molar-refractivity contribution in [2.24, 2.45) is 11.8 Å². The smallest absolute Gasteiger partial charge is 0.334 e. The summed E-state index contributed by atoms with van der Waals surface area (Å²) in [7, 11) is -2.62.